The van der Waals surface area contributed by atoms with Crippen molar-refractivity contribution >= 4 is 27.3 Å². The van der Waals surface area contributed by atoms with Crippen molar-refractivity contribution in [1.29, 1.82) is 0 Å². The molecule has 8 heteroatoms. The van der Waals surface area contributed by atoms with Gasteiger partial charge in [0.15, 0.2) is 0 Å². The molecule has 0 saturated carbocycles. The van der Waals surface area contributed by atoms with Crippen molar-refractivity contribution in [3.05, 3.63) is 21.6 Å². The molecule has 1 amide bonds. The summed E-state index contributed by atoms with van der Waals surface area (Å²) in [6.45, 7) is 5.63. The zero-order chi connectivity index (χ0) is 20.0. The Bertz CT molecular complexity index is 975. The van der Waals surface area contributed by atoms with E-state index in [9.17, 15) is 9.59 Å². The molecular formula is C21H29N5O2S. The predicted molar refractivity (Wildman–Crippen MR) is 114 cm³/mol. The number of aryl methyl sites for hydroxylation is 1. The minimum Gasteiger partial charge on any atom is -0.346 e. The fourth-order valence-corrected chi connectivity index (χ4v) is 5.88. The van der Waals surface area contributed by atoms with Crippen LogP contribution in [0.5, 0.6) is 0 Å². The second-order valence-electron chi connectivity index (χ2n) is 8.92. The molecule has 1 atom stereocenters. The van der Waals surface area contributed by atoms with Crippen molar-refractivity contribution in [2.45, 2.75) is 58.3 Å². The zero-order valence-electron chi connectivity index (χ0n) is 17.1. The van der Waals surface area contributed by atoms with Crippen LogP contribution in [0.15, 0.2) is 4.79 Å². The van der Waals surface area contributed by atoms with Gasteiger partial charge in [0, 0.05) is 31.7 Å². The normalized spacial score (nSPS) is 23.4. The van der Waals surface area contributed by atoms with Crippen LogP contribution in [-0.2, 0) is 17.6 Å². The number of likely N-dealkylation sites (tertiary alicyclic amines) is 1. The van der Waals surface area contributed by atoms with Crippen molar-refractivity contribution in [3.63, 3.8) is 0 Å². The van der Waals surface area contributed by atoms with Gasteiger partial charge < -0.3 is 9.80 Å². The summed E-state index contributed by atoms with van der Waals surface area (Å²) in [6, 6.07) is 0. The third kappa shape index (κ3) is 3.56. The van der Waals surface area contributed by atoms with Gasteiger partial charge in [-0.25, -0.2) is 4.98 Å². The van der Waals surface area contributed by atoms with Crippen molar-refractivity contribution < 1.29 is 4.79 Å². The Hall–Kier alpha value is -1.96. The van der Waals surface area contributed by atoms with Gasteiger partial charge in [-0.15, -0.1) is 5.10 Å². The summed E-state index contributed by atoms with van der Waals surface area (Å²) in [6.07, 6.45) is 8.01. The van der Waals surface area contributed by atoms with Crippen LogP contribution < -0.4 is 10.5 Å². The SMILES string of the molecule is CC1CCN(C(=O)C2CCCN(c3nn4c(=O)c5c(nc4s3)CCCC5)C2)CC1. The molecule has 0 N–H and O–H groups in total. The number of nitrogens with zero attached hydrogens (tertiary/aromatic N) is 5. The monoisotopic (exact) mass is 415 g/mol. The molecular weight excluding hydrogens is 386 g/mol. The molecule has 0 bridgehead atoms. The van der Waals surface area contributed by atoms with Crippen molar-refractivity contribution in [1.82, 2.24) is 19.5 Å². The Morgan fingerprint density at radius 2 is 1.86 bits per heavy atom. The highest BCUT2D eigenvalue weighted by Gasteiger charge is 2.32. The van der Waals surface area contributed by atoms with Crippen molar-refractivity contribution in [3.8, 4) is 0 Å². The fraction of sp³-hybridized carbons (Fsp3) is 0.714. The molecule has 2 fully saturated rings. The summed E-state index contributed by atoms with van der Waals surface area (Å²) in [5, 5.41) is 5.44. The lowest BCUT2D eigenvalue weighted by Gasteiger charge is -2.37. The largest absolute Gasteiger partial charge is 0.346 e. The van der Waals surface area contributed by atoms with Crippen LogP contribution in [0.4, 0.5) is 5.13 Å². The topological polar surface area (TPSA) is 70.8 Å². The molecule has 0 aromatic carbocycles. The average molecular weight is 416 g/mol. The van der Waals surface area contributed by atoms with E-state index in [-0.39, 0.29) is 11.5 Å². The summed E-state index contributed by atoms with van der Waals surface area (Å²) >= 11 is 1.48. The molecule has 3 aliphatic rings. The molecule has 7 nitrogen and oxygen atoms in total. The van der Waals surface area contributed by atoms with Crippen molar-refractivity contribution in [2.75, 3.05) is 31.1 Å². The van der Waals surface area contributed by atoms with Gasteiger partial charge in [-0.3, -0.25) is 9.59 Å². The smallest absolute Gasteiger partial charge is 0.278 e. The molecule has 2 aromatic rings. The first kappa shape index (κ1) is 19.0. The van der Waals surface area contributed by atoms with E-state index in [1.807, 2.05) is 0 Å². The van der Waals surface area contributed by atoms with Gasteiger partial charge in [-0.05, 0) is 57.3 Å². The zero-order valence-corrected chi connectivity index (χ0v) is 17.9. The Kier molecular flexibility index (Phi) is 5.05. The van der Waals surface area contributed by atoms with Crippen LogP contribution in [0.2, 0.25) is 0 Å². The number of carbonyl (C=O) groups is 1. The van der Waals surface area contributed by atoms with Gasteiger partial charge in [0.05, 0.1) is 11.6 Å². The number of carbonyl (C=O) groups excluding carboxylic acids is 1. The van der Waals surface area contributed by atoms with E-state index < -0.39 is 0 Å². The van der Waals surface area contributed by atoms with Crippen LogP contribution in [0.25, 0.3) is 4.96 Å². The Morgan fingerprint density at radius 1 is 1.07 bits per heavy atom. The molecule has 0 spiro atoms. The van der Waals surface area contributed by atoms with Gasteiger partial charge in [0.25, 0.3) is 5.56 Å². The minimum absolute atomic E-state index is 0.000674. The lowest BCUT2D eigenvalue weighted by molar-refractivity contribution is -0.137. The highest BCUT2D eigenvalue weighted by molar-refractivity contribution is 7.20. The number of amides is 1. The number of anilines is 1. The molecule has 2 aromatic heterocycles. The van der Waals surface area contributed by atoms with Gasteiger partial charge in [-0.2, -0.15) is 4.52 Å². The maximum Gasteiger partial charge on any atom is 0.278 e. The number of hydrogen-bond acceptors (Lipinski definition) is 6. The molecule has 4 heterocycles. The summed E-state index contributed by atoms with van der Waals surface area (Å²) in [4.78, 5) is 35.6. The van der Waals surface area contributed by atoms with Crippen LogP contribution >= 0.6 is 11.3 Å². The quantitative estimate of drug-likeness (QED) is 0.754. The fourth-order valence-electron chi connectivity index (χ4n) is 4.93. The van der Waals surface area contributed by atoms with Gasteiger partial charge in [0.1, 0.15) is 0 Å². The second kappa shape index (κ2) is 7.70. The van der Waals surface area contributed by atoms with Crippen LogP contribution in [0.1, 0.15) is 56.7 Å². The highest BCUT2D eigenvalue weighted by Crippen LogP contribution is 2.29. The Balaban J connectivity index is 1.36. The minimum atomic E-state index is -0.000674. The molecule has 2 aliphatic heterocycles. The van der Waals surface area contributed by atoms with Gasteiger partial charge in [-0.1, -0.05) is 18.3 Å². The number of fused-ring (bicyclic) bond motifs is 2. The first-order chi connectivity index (χ1) is 14.1. The Morgan fingerprint density at radius 3 is 2.69 bits per heavy atom. The average Bonchev–Trinajstić information content (AvgIpc) is 3.19. The van der Waals surface area contributed by atoms with E-state index in [0.717, 1.165) is 93.3 Å². The molecule has 2 saturated heterocycles. The molecule has 1 aliphatic carbocycles. The molecule has 5 rings (SSSR count). The van der Waals surface area contributed by atoms with E-state index in [0.29, 0.717) is 17.4 Å². The summed E-state index contributed by atoms with van der Waals surface area (Å²) in [5.74, 6) is 1.05. The third-order valence-corrected chi connectivity index (χ3v) is 7.77. The van der Waals surface area contributed by atoms with Gasteiger partial charge in [0.2, 0.25) is 16.0 Å². The third-order valence-electron chi connectivity index (χ3n) is 6.81. The van der Waals surface area contributed by atoms with E-state index in [4.69, 9.17) is 4.98 Å². The Labute approximate surface area is 174 Å². The first-order valence-electron chi connectivity index (χ1n) is 11.1. The molecule has 1 unspecified atom stereocenters. The maximum absolute atomic E-state index is 13.1. The number of rotatable bonds is 2. The first-order valence-corrected chi connectivity index (χ1v) is 11.9. The molecule has 0 radical (unpaired) electrons. The maximum atomic E-state index is 13.1. The van der Waals surface area contributed by atoms with Gasteiger partial charge >= 0.3 is 0 Å². The standard InChI is InChI=1S/C21H29N5O2S/c1-14-8-11-24(12-9-14)18(27)15-5-4-10-25(13-15)21-23-26-19(28)16-6-2-3-7-17(16)22-20(26)29-21/h14-15H,2-13H2,1H3. The lowest BCUT2D eigenvalue weighted by atomic mass is 9.94. The molecule has 29 heavy (non-hydrogen) atoms. The van der Waals surface area contributed by atoms with E-state index in [2.05, 4.69) is 21.8 Å². The number of aromatic nitrogens is 3. The van der Waals surface area contributed by atoms with Crippen LogP contribution in [-0.4, -0.2) is 51.6 Å². The predicted octanol–water partition coefficient (Wildman–Crippen LogP) is 2.50. The summed E-state index contributed by atoms with van der Waals surface area (Å²) in [7, 11) is 0. The van der Waals surface area contributed by atoms with Crippen LogP contribution in [0, 0.1) is 11.8 Å². The van der Waals surface area contributed by atoms with E-state index in [1.165, 1.54) is 15.9 Å². The van der Waals surface area contributed by atoms with Crippen molar-refractivity contribution in [2.24, 2.45) is 11.8 Å². The number of hydrogen-bond donors (Lipinski definition) is 0. The second-order valence-corrected chi connectivity index (χ2v) is 9.86. The summed E-state index contributed by atoms with van der Waals surface area (Å²) < 4.78 is 1.49. The number of piperidine rings is 2. The van der Waals surface area contributed by atoms with Crippen LogP contribution in [0.3, 0.4) is 0 Å². The summed E-state index contributed by atoms with van der Waals surface area (Å²) in [5.41, 5.74) is 1.80. The highest BCUT2D eigenvalue weighted by atomic mass is 32.1. The van der Waals surface area contributed by atoms with E-state index in [1.54, 1.807) is 0 Å². The van der Waals surface area contributed by atoms with E-state index >= 15 is 0 Å². The molecule has 156 valence electrons. The lowest BCUT2D eigenvalue weighted by Crippen LogP contribution is -2.47.